The molecule has 0 aromatic heterocycles. The summed E-state index contributed by atoms with van der Waals surface area (Å²) < 4.78 is 5.32. The number of carbonyl (C=O) groups excluding carboxylic acids is 1. The van der Waals surface area contributed by atoms with Crippen LogP contribution in [0.3, 0.4) is 0 Å². The van der Waals surface area contributed by atoms with Crippen molar-refractivity contribution in [2.45, 2.75) is 26.4 Å². The summed E-state index contributed by atoms with van der Waals surface area (Å²) in [6.45, 7) is 6.74. The number of anilines is 1. The molecule has 1 aliphatic heterocycles. The lowest BCUT2D eigenvalue weighted by molar-refractivity contribution is 0.0789. The highest BCUT2D eigenvalue weighted by Crippen LogP contribution is 2.30. The average Bonchev–Trinajstić information content (AvgIpc) is 2.59. The molecule has 1 saturated heterocycles. The molecule has 0 radical (unpaired) electrons. The summed E-state index contributed by atoms with van der Waals surface area (Å²) >= 11 is 0. The van der Waals surface area contributed by atoms with Crippen LogP contribution in [0.4, 0.5) is 10.5 Å². The molecular formula is C13H18N2O2. The summed E-state index contributed by atoms with van der Waals surface area (Å²) in [4.78, 5) is 13.5. The molecule has 0 spiro atoms. The second-order valence-electron chi connectivity index (χ2n) is 4.83. The molecule has 17 heavy (non-hydrogen) atoms. The first kappa shape index (κ1) is 11.9. The van der Waals surface area contributed by atoms with Crippen LogP contribution in [0.15, 0.2) is 18.2 Å². The van der Waals surface area contributed by atoms with Crippen LogP contribution in [0.2, 0.25) is 0 Å². The van der Waals surface area contributed by atoms with Crippen molar-refractivity contribution >= 4 is 11.8 Å². The standard InChI is InChI=1S/C13H18N2O2/c1-9-5-4-6-11(10(9)2)15-8-13(3,7-14)17-12(15)16/h4-6H,7-8,14H2,1-3H3. The Morgan fingerprint density at radius 1 is 1.47 bits per heavy atom. The minimum absolute atomic E-state index is 0.313. The van der Waals surface area contributed by atoms with Gasteiger partial charge in [-0.15, -0.1) is 0 Å². The van der Waals surface area contributed by atoms with E-state index >= 15 is 0 Å². The van der Waals surface area contributed by atoms with Crippen molar-refractivity contribution < 1.29 is 9.53 Å². The van der Waals surface area contributed by atoms with Gasteiger partial charge in [-0.1, -0.05) is 12.1 Å². The van der Waals surface area contributed by atoms with E-state index < -0.39 is 5.60 Å². The first-order chi connectivity index (χ1) is 7.97. The number of amides is 1. The fourth-order valence-electron chi connectivity index (χ4n) is 2.01. The lowest BCUT2D eigenvalue weighted by atomic mass is 10.1. The Balaban J connectivity index is 2.36. The molecule has 1 atom stereocenters. The molecule has 4 nitrogen and oxygen atoms in total. The normalized spacial score (nSPS) is 24.0. The zero-order valence-electron chi connectivity index (χ0n) is 10.5. The highest BCUT2D eigenvalue weighted by atomic mass is 16.6. The lowest BCUT2D eigenvalue weighted by Gasteiger charge is -2.20. The van der Waals surface area contributed by atoms with Crippen LogP contribution < -0.4 is 10.6 Å². The Labute approximate surface area is 101 Å². The van der Waals surface area contributed by atoms with Crippen LogP contribution >= 0.6 is 0 Å². The summed E-state index contributed by atoms with van der Waals surface area (Å²) in [6, 6.07) is 5.91. The van der Waals surface area contributed by atoms with E-state index in [1.54, 1.807) is 4.90 Å². The fourth-order valence-corrected chi connectivity index (χ4v) is 2.01. The SMILES string of the molecule is Cc1cccc(N2CC(C)(CN)OC2=O)c1C. The molecule has 2 rings (SSSR count). The number of aryl methyl sites for hydroxylation is 1. The zero-order valence-corrected chi connectivity index (χ0v) is 10.5. The third-order valence-corrected chi connectivity index (χ3v) is 3.35. The van der Waals surface area contributed by atoms with Crippen LogP contribution in [0.25, 0.3) is 0 Å². The van der Waals surface area contributed by atoms with E-state index in [0.717, 1.165) is 16.8 Å². The second-order valence-corrected chi connectivity index (χ2v) is 4.83. The predicted octanol–water partition coefficient (Wildman–Crippen LogP) is 1.98. The van der Waals surface area contributed by atoms with Gasteiger partial charge in [0.15, 0.2) is 0 Å². The first-order valence-electron chi connectivity index (χ1n) is 5.74. The van der Waals surface area contributed by atoms with Gasteiger partial charge in [0.05, 0.1) is 12.2 Å². The minimum Gasteiger partial charge on any atom is -0.440 e. The number of benzene rings is 1. The van der Waals surface area contributed by atoms with Gasteiger partial charge in [-0.2, -0.15) is 0 Å². The number of nitrogens with zero attached hydrogens (tertiary/aromatic N) is 1. The summed E-state index contributed by atoms with van der Waals surface area (Å²) in [5.74, 6) is 0. The minimum atomic E-state index is -0.576. The Morgan fingerprint density at radius 2 is 2.18 bits per heavy atom. The maximum absolute atomic E-state index is 11.9. The Hall–Kier alpha value is -1.55. The number of ether oxygens (including phenoxy) is 1. The van der Waals surface area contributed by atoms with E-state index in [-0.39, 0.29) is 6.09 Å². The molecule has 92 valence electrons. The highest BCUT2D eigenvalue weighted by Gasteiger charge is 2.41. The molecular weight excluding hydrogens is 216 g/mol. The molecule has 1 fully saturated rings. The van der Waals surface area contributed by atoms with Crippen LogP contribution in [-0.2, 0) is 4.74 Å². The maximum Gasteiger partial charge on any atom is 0.415 e. The van der Waals surface area contributed by atoms with Gasteiger partial charge in [0, 0.05) is 6.54 Å². The molecule has 0 saturated carbocycles. The van der Waals surface area contributed by atoms with E-state index in [4.69, 9.17) is 10.5 Å². The van der Waals surface area contributed by atoms with Crippen molar-refractivity contribution in [1.82, 2.24) is 0 Å². The highest BCUT2D eigenvalue weighted by molar-refractivity contribution is 5.91. The quantitative estimate of drug-likeness (QED) is 0.851. The van der Waals surface area contributed by atoms with E-state index in [1.807, 2.05) is 39.0 Å². The number of cyclic esters (lactones) is 1. The summed E-state index contributed by atoms with van der Waals surface area (Å²) in [7, 11) is 0. The molecule has 1 unspecified atom stereocenters. The number of carbonyl (C=O) groups is 1. The first-order valence-corrected chi connectivity index (χ1v) is 5.74. The topological polar surface area (TPSA) is 55.6 Å². The summed E-state index contributed by atoms with van der Waals surface area (Å²) in [5.41, 5.74) is 8.23. The van der Waals surface area contributed by atoms with E-state index in [0.29, 0.717) is 13.1 Å². The molecule has 2 N–H and O–H groups in total. The van der Waals surface area contributed by atoms with Crippen molar-refractivity contribution in [1.29, 1.82) is 0 Å². The molecule has 4 heteroatoms. The molecule has 1 heterocycles. The average molecular weight is 234 g/mol. The molecule has 1 amide bonds. The Morgan fingerprint density at radius 3 is 2.76 bits per heavy atom. The molecule has 0 aliphatic carbocycles. The Kier molecular flexibility index (Phi) is 2.83. The molecule has 1 aliphatic rings. The number of hydrogen-bond donors (Lipinski definition) is 1. The van der Waals surface area contributed by atoms with Gasteiger partial charge in [-0.3, -0.25) is 4.90 Å². The summed E-state index contributed by atoms with van der Waals surface area (Å²) in [6.07, 6.45) is -0.313. The number of hydrogen-bond acceptors (Lipinski definition) is 3. The lowest BCUT2D eigenvalue weighted by Crippen LogP contribution is -2.38. The van der Waals surface area contributed by atoms with E-state index in [2.05, 4.69) is 0 Å². The van der Waals surface area contributed by atoms with Crippen molar-refractivity contribution in [3.05, 3.63) is 29.3 Å². The van der Waals surface area contributed by atoms with Crippen molar-refractivity contribution in [3.8, 4) is 0 Å². The van der Waals surface area contributed by atoms with Gasteiger partial charge >= 0.3 is 6.09 Å². The van der Waals surface area contributed by atoms with E-state index in [1.165, 1.54) is 0 Å². The largest absolute Gasteiger partial charge is 0.440 e. The van der Waals surface area contributed by atoms with Gasteiger partial charge in [0.1, 0.15) is 5.60 Å². The third-order valence-electron chi connectivity index (χ3n) is 3.35. The van der Waals surface area contributed by atoms with Crippen LogP contribution in [0, 0.1) is 13.8 Å². The van der Waals surface area contributed by atoms with Gasteiger partial charge in [-0.25, -0.2) is 4.79 Å². The van der Waals surface area contributed by atoms with Gasteiger partial charge in [0.25, 0.3) is 0 Å². The second kappa shape index (κ2) is 4.04. The van der Waals surface area contributed by atoms with Crippen LogP contribution in [0.1, 0.15) is 18.1 Å². The predicted molar refractivity (Wildman–Crippen MR) is 67.2 cm³/mol. The fraction of sp³-hybridized carbons (Fsp3) is 0.462. The van der Waals surface area contributed by atoms with Gasteiger partial charge in [-0.05, 0) is 38.0 Å². The molecule has 0 bridgehead atoms. The molecule has 1 aromatic rings. The zero-order chi connectivity index (χ0) is 12.6. The Bertz CT molecular complexity index is 459. The van der Waals surface area contributed by atoms with Crippen LogP contribution in [-0.4, -0.2) is 24.8 Å². The van der Waals surface area contributed by atoms with E-state index in [9.17, 15) is 4.79 Å². The van der Waals surface area contributed by atoms with Gasteiger partial charge < -0.3 is 10.5 Å². The maximum atomic E-state index is 11.9. The third kappa shape index (κ3) is 2.00. The summed E-state index contributed by atoms with van der Waals surface area (Å²) in [5, 5.41) is 0. The number of nitrogens with two attached hydrogens (primary N) is 1. The van der Waals surface area contributed by atoms with Gasteiger partial charge in [0.2, 0.25) is 0 Å². The van der Waals surface area contributed by atoms with Crippen molar-refractivity contribution in [2.75, 3.05) is 18.0 Å². The number of rotatable bonds is 2. The monoisotopic (exact) mass is 234 g/mol. The smallest absolute Gasteiger partial charge is 0.415 e. The van der Waals surface area contributed by atoms with Crippen LogP contribution in [0.5, 0.6) is 0 Å². The van der Waals surface area contributed by atoms with Crippen molar-refractivity contribution in [2.24, 2.45) is 5.73 Å². The van der Waals surface area contributed by atoms with Crippen molar-refractivity contribution in [3.63, 3.8) is 0 Å². The molecule has 1 aromatic carbocycles.